The molecule has 3 amide bonds. The van der Waals surface area contributed by atoms with Crippen LogP contribution in [-0.2, 0) is 20.9 Å². The maximum atomic E-state index is 12.5. The van der Waals surface area contributed by atoms with E-state index in [1.807, 2.05) is 6.07 Å². The lowest BCUT2D eigenvalue weighted by molar-refractivity contribution is -0.141. The summed E-state index contributed by atoms with van der Waals surface area (Å²) in [5.41, 5.74) is 0.844. The predicted octanol–water partition coefficient (Wildman–Crippen LogP) is 0.353. The van der Waals surface area contributed by atoms with Crippen molar-refractivity contribution in [2.45, 2.75) is 13.5 Å². The molecule has 1 aliphatic rings. The molecular weight excluding hydrogens is 338 g/mol. The molecule has 0 radical (unpaired) electrons. The molecule has 8 nitrogen and oxygen atoms in total. The Morgan fingerprint density at radius 1 is 1.12 bits per heavy atom. The molecule has 1 aromatic rings. The molecule has 1 fully saturated rings. The van der Waals surface area contributed by atoms with Crippen molar-refractivity contribution in [2.24, 2.45) is 0 Å². The number of nitrogens with zero attached hydrogens (tertiary/aromatic N) is 3. The number of carbonyl (C=O) groups is 3. The zero-order chi connectivity index (χ0) is 19.1. The van der Waals surface area contributed by atoms with E-state index in [2.05, 4.69) is 0 Å². The van der Waals surface area contributed by atoms with Crippen molar-refractivity contribution in [3.63, 3.8) is 0 Å². The molecule has 0 aromatic heterocycles. The van der Waals surface area contributed by atoms with Crippen LogP contribution in [0.2, 0.25) is 0 Å². The van der Waals surface area contributed by atoms with Gasteiger partial charge in [0.2, 0.25) is 18.2 Å². The molecule has 0 unspecified atom stereocenters. The Hall–Kier alpha value is -2.77. The molecule has 2 rings (SSSR count). The lowest BCUT2D eigenvalue weighted by atomic mass is 10.2. The minimum absolute atomic E-state index is 0.00473. The van der Waals surface area contributed by atoms with E-state index < -0.39 is 0 Å². The average molecular weight is 363 g/mol. The standard InChI is InChI=1S/C18H25N3O5/c1-14(23)21(11-15-4-5-16(25-2)17(10-15)26-3)12-18(24)20-8-6-19(13-22)7-9-20/h4-5,10,13H,6-9,11-12H2,1-3H3. The highest BCUT2D eigenvalue weighted by Gasteiger charge is 2.23. The summed E-state index contributed by atoms with van der Waals surface area (Å²) in [6, 6.07) is 5.40. The number of amides is 3. The summed E-state index contributed by atoms with van der Waals surface area (Å²) in [4.78, 5) is 40.1. The van der Waals surface area contributed by atoms with Crippen LogP contribution < -0.4 is 9.47 Å². The van der Waals surface area contributed by atoms with E-state index in [0.29, 0.717) is 44.2 Å². The SMILES string of the molecule is COc1ccc(CN(CC(=O)N2CCN(C=O)CC2)C(C)=O)cc1OC. The Kier molecular flexibility index (Phi) is 6.82. The Morgan fingerprint density at radius 2 is 1.77 bits per heavy atom. The van der Waals surface area contributed by atoms with E-state index in [-0.39, 0.29) is 18.4 Å². The van der Waals surface area contributed by atoms with Gasteiger partial charge in [-0.1, -0.05) is 6.07 Å². The summed E-state index contributed by atoms with van der Waals surface area (Å²) in [6.07, 6.45) is 0.792. The Morgan fingerprint density at radius 3 is 2.31 bits per heavy atom. The predicted molar refractivity (Wildman–Crippen MR) is 94.9 cm³/mol. The zero-order valence-electron chi connectivity index (χ0n) is 15.4. The molecular formula is C18H25N3O5. The summed E-state index contributed by atoms with van der Waals surface area (Å²) >= 11 is 0. The van der Waals surface area contributed by atoms with Crippen molar-refractivity contribution in [3.8, 4) is 11.5 Å². The van der Waals surface area contributed by atoms with E-state index in [9.17, 15) is 14.4 Å². The molecule has 0 N–H and O–H groups in total. The second-order valence-corrected chi connectivity index (χ2v) is 6.09. The fourth-order valence-corrected chi connectivity index (χ4v) is 2.82. The van der Waals surface area contributed by atoms with Crippen LogP contribution in [0.3, 0.4) is 0 Å². The molecule has 0 bridgehead atoms. The van der Waals surface area contributed by atoms with Crippen molar-refractivity contribution in [2.75, 3.05) is 46.9 Å². The van der Waals surface area contributed by atoms with Crippen LogP contribution in [0.5, 0.6) is 11.5 Å². The molecule has 0 spiro atoms. The van der Waals surface area contributed by atoms with E-state index in [0.717, 1.165) is 12.0 Å². The van der Waals surface area contributed by atoms with Gasteiger partial charge in [0.25, 0.3) is 0 Å². The van der Waals surface area contributed by atoms with Crippen molar-refractivity contribution >= 4 is 18.2 Å². The van der Waals surface area contributed by atoms with Gasteiger partial charge >= 0.3 is 0 Å². The third kappa shape index (κ3) is 4.87. The number of piperazine rings is 1. The van der Waals surface area contributed by atoms with Crippen LogP contribution in [0.15, 0.2) is 18.2 Å². The first-order chi connectivity index (χ1) is 12.5. The Bertz CT molecular complexity index is 656. The van der Waals surface area contributed by atoms with E-state index in [1.54, 1.807) is 36.2 Å². The molecule has 26 heavy (non-hydrogen) atoms. The fraction of sp³-hybridized carbons (Fsp3) is 0.500. The van der Waals surface area contributed by atoms with Crippen LogP contribution in [0.4, 0.5) is 0 Å². The molecule has 1 heterocycles. The summed E-state index contributed by atoms with van der Waals surface area (Å²) < 4.78 is 10.5. The molecule has 1 aliphatic heterocycles. The van der Waals surface area contributed by atoms with Gasteiger partial charge in [-0.3, -0.25) is 14.4 Å². The third-order valence-electron chi connectivity index (χ3n) is 4.41. The second-order valence-electron chi connectivity index (χ2n) is 6.09. The van der Waals surface area contributed by atoms with E-state index in [1.165, 1.54) is 11.8 Å². The van der Waals surface area contributed by atoms with Gasteiger partial charge in [-0.25, -0.2) is 0 Å². The zero-order valence-corrected chi connectivity index (χ0v) is 15.4. The first kappa shape index (κ1) is 19.6. The molecule has 1 saturated heterocycles. The minimum Gasteiger partial charge on any atom is -0.493 e. The first-order valence-electron chi connectivity index (χ1n) is 8.42. The van der Waals surface area contributed by atoms with Gasteiger partial charge in [-0.15, -0.1) is 0 Å². The van der Waals surface area contributed by atoms with Gasteiger partial charge in [-0.05, 0) is 17.7 Å². The van der Waals surface area contributed by atoms with E-state index >= 15 is 0 Å². The van der Waals surface area contributed by atoms with E-state index in [4.69, 9.17) is 9.47 Å². The molecule has 1 aromatic carbocycles. The van der Waals surface area contributed by atoms with Crippen LogP contribution in [0.1, 0.15) is 12.5 Å². The second kappa shape index (κ2) is 9.07. The van der Waals surface area contributed by atoms with Crippen LogP contribution in [-0.4, -0.2) is 79.9 Å². The van der Waals surface area contributed by atoms with Crippen molar-refractivity contribution in [3.05, 3.63) is 23.8 Å². The number of hydrogen-bond donors (Lipinski definition) is 0. The highest BCUT2D eigenvalue weighted by atomic mass is 16.5. The summed E-state index contributed by atoms with van der Waals surface area (Å²) in [5.74, 6) is 0.880. The normalized spacial score (nSPS) is 14.0. The number of rotatable bonds is 7. The largest absolute Gasteiger partial charge is 0.493 e. The number of methoxy groups -OCH3 is 2. The summed E-state index contributed by atoms with van der Waals surface area (Å²) in [6.45, 7) is 3.76. The van der Waals surface area contributed by atoms with Gasteiger partial charge in [0, 0.05) is 39.6 Å². The monoisotopic (exact) mass is 363 g/mol. The smallest absolute Gasteiger partial charge is 0.242 e. The topological polar surface area (TPSA) is 79.4 Å². The molecule has 0 atom stereocenters. The molecule has 0 saturated carbocycles. The maximum Gasteiger partial charge on any atom is 0.242 e. The highest BCUT2D eigenvalue weighted by molar-refractivity contribution is 5.84. The van der Waals surface area contributed by atoms with Gasteiger partial charge in [0.15, 0.2) is 11.5 Å². The Balaban J connectivity index is 2.02. The van der Waals surface area contributed by atoms with Gasteiger partial charge in [0.05, 0.1) is 14.2 Å². The van der Waals surface area contributed by atoms with Crippen LogP contribution in [0, 0.1) is 0 Å². The first-order valence-corrected chi connectivity index (χ1v) is 8.42. The Labute approximate surface area is 153 Å². The number of carbonyl (C=O) groups excluding carboxylic acids is 3. The summed E-state index contributed by atoms with van der Waals surface area (Å²) in [7, 11) is 3.11. The molecule has 142 valence electrons. The molecule has 8 heteroatoms. The number of ether oxygens (including phenoxy) is 2. The van der Waals surface area contributed by atoms with Gasteiger partial charge in [-0.2, -0.15) is 0 Å². The van der Waals surface area contributed by atoms with Crippen molar-refractivity contribution in [1.29, 1.82) is 0 Å². The van der Waals surface area contributed by atoms with Crippen molar-refractivity contribution in [1.82, 2.24) is 14.7 Å². The van der Waals surface area contributed by atoms with Crippen LogP contribution >= 0.6 is 0 Å². The van der Waals surface area contributed by atoms with Gasteiger partial charge < -0.3 is 24.2 Å². The van der Waals surface area contributed by atoms with Gasteiger partial charge in [0.1, 0.15) is 6.54 Å². The lowest BCUT2D eigenvalue weighted by Gasteiger charge is -2.34. The number of hydrogen-bond acceptors (Lipinski definition) is 5. The lowest BCUT2D eigenvalue weighted by Crippen LogP contribution is -2.51. The average Bonchev–Trinajstić information content (AvgIpc) is 2.67. The quantitative estimate of drug-likeness (QED) is 0.653. The summed E-state index contributed by atoms with van der Waals surface area (Å²) in [5, 5.41) is 0. The van der Waals surface area contributed by atoms with Crippen LogP contribution in [0.25, 0.3) is 0 Å². The fourth-order valence-electron chi connectivity index (χ4n) is 2.82. The third-order valence-corrected chi connectivity index (χ3v) is 4.41. The maximum absolute atomic E-state index is 12.5. The highest BCUT2D eigenvalue weighted by Crippen LogP contribution is 2.28. The minimum atomic E-state index is -0.181. The number of benzene rings is 1. The molecule has 0 aliphatic carbocycles. The van der Waals surface area contributed by atoms with Crippen molar-refractivity contribution < 1.29 is 23.9 Å².